The van der Waals surface area contributed by atoms with Crippen LogP contribution < -0.4 is 17.2 Å². The van der Waals surface area contributed by atoms with Crippen molar-refractivity contribution in [3.8, 4) is 0 Å². The van der Waals surface area contributed by atoms with Crippen LogP contribution in [0.25, 0.3) is 0 Å². The van der Waals surface area contributed by atoms with E-state index in [1.807, 2.05) is 0 Å². The maximum absolute atomic E-state index is 2.52. The summed E-state index contributed by atoms with van der Waals surface area (Å²) in [6.07, 6.45) is 0. The van der Waals surface area contributed by atoms with E-state index in [0.717, 1.165) is 0 Å². The number of hydrogen-bond donors (Lipinski definition) is 0. The summed E-state index contributed by atoms with van der Waals surface area (Å²) in [5.74, 6) is 0. The first-order valence-corrected chi connectivity index (χ1v) is 11.6. The van der Waals surface area contributed by atoms with Crippen molar-refractivity contribution in [2.45, 2.75) is 13.8 Å². The van der Waals surface area contributed by atoms with Crippen LogP contribution in [0.15, 0.2) is 12.1 Å². The Morgan fingerprint density at radius 1 is 1.27 bits per heavy atom. The summed E-state index contributed by atoms with van der Waals surface area (Å²) >= 11 is 5.15. The van der Waals surface area contributed by atoms with Gasteiger partial charge in [0.1, 0.15) is 0 Å². The molecule has 0 bridgehead atoms. The van der Waals surface area contributed by atoms with Crippen LogP contribution in [0, 0.1) is 21.0 Å². The third kappa shape index (κ3) is 2.68. The molecule has 3 heteroatoms. The molecule has 0 aromatic heterocycles. The molecule has 0 radical (unpaired) electrons. The van der Waals surface area contributed by atoms with Crippen LogP contribution in [-0.4, -0.2) is 0 Å². The second-order valence-corrected chi connectivity index (χ2v) is 7.89. The van der Waals surface area contributed by atoms with Gasteiger partial charge in [-0.1, -0.05) is 0 Å². The topological polar surface area (TPSA) is 0 Å². The Bertz CT molecular complexity index is 268. The summed E-state index contributed by atoms with van der Waals surface area (Å²) in [5.41, 5.74) is 2.88. The molecule has 0 heterocycles. The molecule has 0 amide bonds. The Hall–Kier alpha value is 1.41. The molecule has 0 N–H and O–H groups in total. The zero-order valence-corrected chi connectivity index (χ0v) is 12.8. The zero-order valence-electron chi connectivity index (χ0n) is 6.29. The first-order chi connectivity index (χ1) is 5.15. The van der Waals surface area contributed by atoms with E-state index in [9.17, 15) is 0 Å². The van der Waals surface area contributed by atoms with Gasteiger partial charge >= 0.3 is 103 Å². The summed E-state index contributed by atoms with van der Waals surface area (Å²) in [6.45, 7) is 4.38. The van der Waals surface area contributed by atoms with Gasteiger partial charge in [0.25, 0.3) is 0 Å². The minimum atomic E-state index is 0.219. The van der Waals surface area contributed by atoms with Crippen molar-refractivity contribution in [3.05, 3.63) is 30.4 Å². The molecular weight excluding hydrogens is 477 g/mol. The van der Waals surface area contributed by atoms with Crippen LogP contribution in [0.4, 0.5) is 0 Å². The molecule has 11 heavy (non-hydrogen) atoms. The quantitative estimate of drug-likeness (QED) is 0.510. The third-order valence-corrected chi connectivity index (χ3v) is 7.13. The molecule has 0 fully saturated rings. The van der Waals surface area contributed by atoms with Crippen molar-refractivity contribution in [1.29, 1.82) is 0 Å². The molecule has 1 aromatic carbocycles. The van der Waals surface area contributed by atoms with Crippen molar-refractivity contribution in [3.63, 3.8) is 0 Å². The monoisotopic (exact) mass is 485 g/mol. The van der Waals surface area contributed by atoms with Crippen molar-refractivity contribution in [1.82, 2.24) is 0 Å². The van der Waals surface area contributed by atoms with Gasteiger partial charge in [0.15, 0.2) is 0 Å². The first kappa shape index (κ1) is 10.5. The number of halogens is 3. The van der Waals surface area contributed by atoms with Gasteiger partial charge < -0.3 is 0 Å². The molecule has 0 unspecified atom stereocenters. The van der Waals surface area contributed by atoms with E-state index < -0.39 is 0 Å². The average Bonchev–Trinajstić information content (AvgIpc) is 1.96. The van der Waals surface area contributed by atoms with Gasteiger partial charge in [-0.25, -0.2) is 0 Å². The molecule has 0 aliphatic rings. The van der Waals surface area contributed by atoms with Gasteiger partial charge in [-0.05, 0) is 0 Å². The Morgan fingerprint density at radius 2 is 1.91 bits per heavy atom. The van der Waals surface area contributed by atoms with Crippen LogP contribution in [0.3, 0.4) is 0 Å². The fourth-order valence-corrected chi connectivity index (χ4v) is 6.19. The van der Waals surface area contributed by atoms with Gasteiger partial charge in [-0.2, -0.15) is 0 Å². The minimum absolute atomic E-state index is 0.219. The summed E-state index contributed by atoms with van der Waals surface area (Å²) in [7, 11) is 0. The molecule has 0 spiro atoms. The van der Waals surface area contributed by atoms with E-state index in [1.54, 1.807) is 3.57 Å². The molecule has 0 aliphatic carbocycles. The van der Waals surface area contributed by atoms with Crippen LogP contribution in [0.2, 0.25) is 0 Å². The van der Waals surface area contributed by atoms with Crippen LogP contribution in [-0.2, 0) is 0 Å². The van der Waals surface area contributed by atoms with E-state index >= 15 is 0 Å². The third-order valence-electron chi connectivity index (χ3n) is 1.50. The fraction of sp³-hybridized carbons (Fsp3) is 0.250. The Labute approximate surface area is 101 Å². The normalized spacial score (nSPS) is 10.5. The number of rotatable bonds is 1. The van der Waals surface area contributed by atoms with Crippen LogP contribution >= 0.6 is 41.2 Å². The number of hydrogen-bond acceptors (Lipinski definition) is 0. The fourth-order valence-electron chi connectivity index (χ4n) is 0.846. The molecule has 1 aromatic rings. The molecule has 0 atom stereocenters. The van der Waals surface area contributed by atoms with Gasteiger partial charge in [0.2, 0.25) is 0 Å². The summed E-state index contributed by atoms with van der Waals surface area (Å²) in [5, 5.41) is 0. The van der Waals surface area contributed by atoms with Crippen molar-refractivity contribution in [2.75, 3.05) is 0 Å². The Balaban J connectivity index is 3.24. The van der Waals surface area contributed by atoms with Crippen molar-refractivity contribution >= 4 is 41.2 Å². The maximum atomic E-state index is 2.52. The molecule has 0 saturated carbocycles. The van der Waals surface area contributed by atoms with Gasteiger partial charge in [-0.3, -0.25) is 0 Å². The second-order valence-electron chi connectivity index (χ2n) is 2.42. The van der Waals surface area contributed by atoms with E-state index in [1.165, 1.54) is 14.7 Å². The van der Waals surface area contributed by atoms with E-state index in [2.05, 4.69) is 67.2 Å². The predicted octanol–water partition coefficient (Wildman–Crippen LogP) is 0.517. The SMILES string of the molecule is Cc1cc(I)c(C)c([I-]I)c1. The molecule has 0 nitrogen and oxygen atoms in total. The van der Waals surface area contributed by atoms with Crippen molar-refractivity contribution in [2.24, 2.45) is 0 Å². The van der Waals surface area contributed by atoms with Gasteiger partial charge in [0, 0.05) is 0 Å². The summed E-state index contributed by atoms with van der Waals surface area (Å²) < 4.78 is 2.99. The number of benzene rings is 1. The van der Waals surface area contributed by atoms with Crippen molar-refractivity contribution < 1.29 is 17.2 Å². The molecule has 0 saturated heterocycles. The van der Waals surface area contributed by atoms with Gasteiger partial charge in [0.05, 0.1) is 0 Å². The standard InChI is InChI=1S/C8H8I3/c1-5-3-7(9)6(2)8(4-5)11-10/h3-4H,1-2H3/q-1. The second kappa shape index (κ2) is 4.59. The van der Waals surface area contributed by atoms with Crippen LogP contribution in [0.5, 0.6) is 0 Å². The van der Waals surface area contributed by atoms with E-state index in [-0.39, 0.29) is 17.2 Å². The van der Waals surface area contributed by atoms with Gasteiger partial charge in [-0.15, -0.1) is 0 Å². The van der Waals surface area contributed by atoms with Crippen LogP contribution in [0.1, 0.15) is 11.1 Å². The molecule has 0 aliphatic heterocycles. The predicted molar refractivity (Wildman–Crippen MR) is 61.4 cm³/mol. The number of aryl methyl sites for hydroxylation is 1. The van der Waals surface area contributed by atoms with E-state index in [0.29, 0.717) is 0 Å². The average molecular weight is 485 g/mol. The summed E-state index contributed by atoms with van der Waals surface area (Å²) in [4.78, 5) is 0. The molecule has 62 valence electrons. The summed E-state index contributed by atoms with van der Waals surface area (Å²) in [6, 6.07) is 4.56. The zero-order chi connectivity index (χ0) is 8.43. The molecule has 1 rings (SSSR count). The Morgan fingerprint density at radius 3 is 2.45 bits per heavy atom. The van der Waals surface area contributed by atoms with E-state index in [4.69, 9.17) is 0 Å². The first-order valence-electron chi connectivity index (χ1n) is 3.18. The molecular formula is C8H8I3-. The Kier molecular flexibility index (Phi) is 4.38.